The van der Waals surface area contributed by atoms with Crippen LogP contribution in [0.5, 0.6) is 5.88 Å². The topological polar surface area (TPSA) is 164 Å². The van der Waals surface area contributed by atoms with Crippen LogP contribution in [0.25, 0.3) is 0 Å². The third-order valence-corrected chi connectivity index (χ3v) is 4.85. The third-order valence-electron chi connectivity index (χ3n) is 4.85. The van der Waals surface area contributed by atoms with Crippen molar-refractivity contribution < 1.29 is 29.3 Å². The van der Waals surface area contributed by atoms with Gasteiger partial charge in [0.15, 0.2) is 5.69 Å². The van der Waals surface area contributed by atoms with Crippen LogP contribution in [-0.4, -0.2) is 46.0 Å². The normalized spacial score (nSPS) is 11.8. The summed E-state index contributed by atoms with van der Waals surface area (Å²) in [5.41, 5.74) is 0.175. The SMILES string of the molecule is C=C(C)C(=O)OCC(O)COC(=O)c1ccc(N=Nc2c(C)c(C#N)c(O)n(CC(C)C)c2=O)cc1. The first-order valence-corrected chi connectivity index (χ1v) is 11.0. The van der Waals surface area contributed by atoms with Crippen molar-refractivity contribution in [2.45, 2.75) is 40.3 Å². The summed E-state index contributed by atoms with van der Waals surface area (Å²) < 4.78 is 10.9. The molecule has 190 valence electrons. The predicted molar refractivity (Wildman–Crippen MR) is 129 cm³/mol. The third kappa shape index (κ3) is 7.10. The highest BCUT2D eigenvalue weighted by atomic mass is 16.6. The Morgan fingerprint density at radius 3 is 2.33 bits per heavy atom. The summed E-state index contributed by atoms with van der Waals surface area (Å²) >= 11 is 0. The number of azo groups is 1. The highest BCUT2D eigenvalue weighted by molar-refractivity contribution is 5.89. The molecule has 0 amide bonds. The molecule has 0 saturated heterocycles. The van der Waals surface area contributed by atoms with Gasteiger partial charge < -0.3 is 19.7 Å². The minimum atomic E-state index is -1.20. The van der Waals surface area contributed by atoms with Crippen molar-refractivity contribution >= 4 is 23.3 Å². The average Bonchev–Trinajstić information content (AvgIpc) is 2.84. The summed E-state index contributed by atoms with van der Waals surface area (Å²) in [6, 6.07) is 7.68. The number of carbonyl (C=O) groups excluding carboxylic acids is 2. The van der Waals surface area contributed by atoms with Gasteiger partial charge in [0.05, 0.1) is 11.3 Å². The van der Waals surface area contributed by atoms with Gasteiger partial charge in [-0.05, 0) is 44.0 Å². The van der Waals surface area contributed by atoms with Gasteiger partial charge in [0.2, 0.25) is 5.88 Å². The van der Waals surface area contributed by atoms with Gasteiger partial charge in [-0.2, -0.15) is 10.4 Å². The molecule has 0 saturated carbocycles. The molecule has 0 aliphatic carbocycles. The van der Waals surface area contributed by atoms with Gasteiger partial charge in [-0.3, -0.25) is 9.36 Å². The second-order valence-corrected chi connectivity index (χ2v) is 8.47. The first kappa shape index (κ1) is 27.9. The summed E-state index contributed by atoms with van der Waals surface area (Å²) in [5.74, 6) is -1.74. The first-order valence-electron chi connectivity index (χ1n) is 11.0. The Kier molecular flexibility index (Phi) is 9.64. The second-order valence-electron chi connectivity index (χ2n) is 8.47. The van der Waals surface area contributed by atoms with E-state index in [2.05, 4.69) is 16.8 Å². The fraction of sp³-hybridized carbons (Fsp3) is 0.360. The molecule has 1 aromatic heterocycles. The van der Waals surface area contributed by atoms with Crippen molar-refractivity contribution in [3.63, 3.8) is 0 Å². The number of ether oxygens (including phenoxy) is 2. The number of hydrogen-bond donors (Lipinski definition) is 2. The van der Waals surface area contributed by atoms with Crippen molar-refractivity contribution in [3.05, 3.63) is 63.5 Å². The Morgan fingerprint density at radius 2 is 1.78 bits per heavy atom. The van der Waals surface area contributed by atoms with E-state index in [4.69, 9.17) is 9.47 Å². The lowest BCUT2D eigenvalue weighted by Crippen LogP contribution is -2.25. The number of pyridine rings is 1. The summed E-state index contributed by atoms with van der Waals surface area (Å²) in [5, 5.41) is 37.6. The van der Waals surface area contributed by atoms with E-state index in [1.165, 1.54) is 38.1 Å². The molecule has 0 bridgehead atoms. The maximum atomic E-state index is 12.8. The zero-order valence-electron chi connectivity index (χ0n) is 20.5. The standard InChI is InChI=1S/C25H28N4O7/c1-14(2)11-29-22(31)20(10-26)16(5)21(23(29)32)28-27-18-8-6-17(7-9-18)25(34)36-13-19(30)12-35-24(33)15(3)4/h6-9,14,19,30-31H,3,11-13H2,1-2,4-5H3. The molecule has 0 fully saturated rings. The van der Waals surface area contributed by atoms with E-state index in [-0.39, 0.29) is 53.6 Å². The first-order chi connectivity index (χ1) is 17.0. The number of rotatable bonds is 10. The number of aromatic nitrogens is 1. The van der Waals surface area contributed by atoms with Crippen LogP contribution < -0.4 is 5.56 Å². The Bertz CT molecular complexity index is 1270. The van der Waals surface area contributed by atoms with Crippen LogP contribution in [0.1, 0.15) is 42.3 Å². The van der Waals surface area contributed by atoms with Crippen LogP contribution in [0.15, 0.2) is 51.4 Å². The number of hydrogen-bond acceptors (Lipinski definition) is 10. The van der Waals surface area contributed by atoms with Gasteiger partial charge in [-0.15, -0.1) is 5.11 Å². The quantitative estimate of drug-likeness (QED) is 0.287. The maximum Gasteiger partial charge on any atom is 0.338 e. The molecule has 0 spiro atoms. The number of aromatic hydroxyl groups is 1. The van der Waals surface area contributed by atoms with Crippen LogP contribution in [0, 0.1) is 24.2 Å². The molecular weight excluding hydrogens is 468 g/mol. The molecule has 1 unspecified atom stereocenters. The van der Waals surface area contributed by atoms with E-state index in [1.54, 1.807) is 0 Å². The van der Waals surface area contributed by atoms with E-state index >= 15 is 0 Å². The lowest BCUT2D eigenvalue weighted by Gasteiger charge is -2.14. The number of nitrogens with zero attached hydrogens (tertiary/aromatic N) is 4. The molecule has 11 nitrogen and oxygen atoms in total. The van der Waals surface area contributed by atoms with Crippen LogP contribution in [0.3, 0.4) is 0 Å². The molecule has 1 aromatic carbocycles. The molecule has 0 aliphatic rings. The Hall–Kier alpha value is -4.30. The summed E-state index contributed by atoms with van der Waals surface area (Å²) in [6.45, 7) is 9.59. The van der Waals surface area contributed by atoms with E-state index in [9.17, 15) is 29.9 Å². The monoisotopic (exact) mass is 496 g/mol. The molecule has 0 aliphatic heterocycles. The second kappa shape index (κ2) is 12.4. The van der Waals surface area contributed by atoms with Crippen LogP contribution in [0.2, 0.25) is 0 Å². The highest BCUT2D eigenvalue weighted by Crippen LogP contribution is 2.27. The Morgan fingerprint density at radius 1 is 1.17 bits per heavy atom. The Balaban J connectivity index is 2.12. The lowest BCUT2D eigenvalue weighted by molar-refractivity contribution is -0.142. The van der Waals surface area contributed by atoms with E-state index in [0.717, 1.165) is 4.57 Å². The minimum absolute atomic E-state index is 0.0346. The number of benzene rings is 1. The van der Waals surface area contributed by atoms with Crippen molar-refractivity contribution in [1.29, 1.82) is 5.26 Å². The van der Waals surface area contributed by atoms with Gasteiger partial charge in [-0.1, -0.05) is 20.4 Å². The number of aliphatic hydroxyl groups is 1. The predicted octanol–water partition coefficient (Wildman–Crippen LogP) is 3.44. The van der Waals surface area contributed by atoms with Crippen molar-refractivity contribution in [2.75, 3.05) is 13.2 Å². The van der Waals surface area contributed by atoms with Gasteiger partial charge >= 0.3 is 11.9 Å². The molecule has 2 aromatic rings. The Labute approximate surface area is 207 Å². The molecule has 2 rings (SSSR count). The number of nitriles is 1. The highest BCUT2D eigenvalue weighted by Gasteiger charge is 2.20. The maximum absolute atomic E-state index is 12.8. The number of aliphatic hydroxyl groups excluding tert-OH is 1. The molecule has 36 heavy (non-hydrogen) atoms. The molecular formula is C25H28N4O7. The van der Waals surface area contributed by atoms with E-state index < -0.39 is 29.5 Å². The minimum Gasteiger partial charge on any atom is -0.493 e. The summed E-state index contributed by atoms with van der Waals surface area (Å²) in [7, 11) is 0. The largest absolute Gasteiger partial charge is 0.493 e. The van der Waals surface area contributed by atoms with Crippen molar-refractivity contribution in [1.82, 2.24) is 4.57 Å². The molecule has 1 atom stereocenters. The lowest BCUT2D eigenvalue weighted by atomic mass is 10.1. The average molecular weight is 497 g/mol. The molecule has 0 radical (unpaired) electrons. The van der Waals surface area contributed by atoms with Crippen molar-refractivity contribution in [2.24, 2.45) is 16.1 Å². The van der Waals surface area contributed by atoms with Gasteiger partial charge in [-0.25, -0.2) is 9.59 Å². The van der Waals surface area contributed by atoms with Gasteiger partial charge in [0.25, 0.3) is 5.56 Å². The summed E-state index contributed by atoms with van der Waals surface area (Å²) in [4.78, 5) is 36.4. The smallest absolute Gasteiger partial charge is 0.338 e. The molecule has 1 heterocycles. The van der Waals surface area contributed by atoms with Crippen LogP contribution in [-0.2, 0) is 20.8 Å². The molecule has 11 heteroatoms. The van der Waals surface area contributed by atoms with Crippen LogP contribution in [0.4, 0.5) is 11.4 Å². The zero-order valence-corrected chi connectivity index (χ0v) is 20.5. The van der Waals surface area contributed by atoms with Crippen LogP contribution >= 0.6 is 0 Å². The number of esters is 2. The van der Waals surface area contributed by atoms with E-state index in [1.807, 2.05) is 19.9 Å². The number of carbonyl (C=O) groups is 2. The van der Waals surface area contributed by atoms with E-state index in [0.29, 0.717) is 5.69 Å². The fourth-order valence-electron chi connectivity index (χ4n) is 2.96. The zero-order chi connectivity index (χ0) is 27.0. The molecule has 2 N–H and O–H groups in total. The van der Waals surface area contributed by atoms with Gasteiger partial charge in [0.1, 0.15) is 31.0 Å². The van der Waals surface area contributed by atoms with Gasteiger partial charge in [0, 0.05) is 17.7 Å². The fourth-order valence-corrected chi connectivity index (χ4v) is 2.96. The summed E-state index contributed by atoms with van der Waals surface area (Å²) in [6.07, 6.45) is -1.20. The van der Waals surface area contributed by atoms with Crippen molar-refractivity contribution in [3.8, 4) is 11.9 Å².